The van der Waals surface area contributed by atoms with Crippen LogP contribution >= 0.6 is 15.9 Å². The van der Waals surface area contributed by atoms with Crippen LogP contribution in [0.3, 0.4) is 0 Å². The quantitative estimate of drug-likeness (QED) is 0.717. The number of pyridine rings is 1. The maximum atomic E-state index is 13.3. The van der Waals surface area contributed by atoms with Gasteiger partial charge in [0, 0.05) is 22.4 Å². The molecule has 0 aliphatic heterocycles. The van der Waals surface area contributed by atoms with Crippen molar-refractivity contribution >= 4 is 27.5 Å². The molecule has 0 fully saturated rings. The summed E-state index contributed by atoms with van der Waals surface area (Å²) in [6.45, 7) is 0.189. The predicted octanol–water partition coefficient (Wildman–Crippen LogP) is 4.05. The van der Waals surface area contributed by atoms with Crippen molar-refractivity contribution in [2.24, 2.45) is 0 Å². The summed E-state index contributed by atoms with van der Waals surface area (Å²) in [6.07, 6.45) is 1.47. The van der Waals surface area contributed by atoms with E-state index < -0.39 is 0 Å². The van der Waals surface area contributed by atoms with Crippen LogP contribution in [0.15, 0.2) is 76.1 Å². The lowest BCUT2D eigenvalue weighted by molar-refractivity contribution is 0.102. The lowest BCUT2D eigenvalue weighted by Gasteiger charge is -2.09. The second-order valence-corrected chi connectivity index (χ2v) is 6.39. The largest absolute Gasteiger partial charge is 0.322 e. The second kappa shape index (κ2) is 7.44. The van der Waals surface area contributed by atoms with Crippen molar-refractivity contribution in [3.8, 4) is 0 Å². The Morgan fingerprint density at radius 1 is 1.08 bits per heavy atom. The fraction of sp³-hybridized carbons (Fsp3) is 0.0526. The third-order valence-corrected chi connectivity index (χ3v) is 4.06. The van der Waals surface area contributed by atoms with Gasteiger partial charge in [0.2, 0.25) is 0 Å². The Kier molecular flexibility index (Phi) is 5.09. The van der Waals surface area contributed by atoms with E-state index in [2.05, 4.69) is 21.2 Å². The first-order valence-corrected chi connectivity index (χ1v) is 8.32. The topological polar surface area (TPSA) is 51.1 Å². The zero-order valence-corrected chi connectivity index (χ0v) is 14.7. The molecule has 0 radical (unpaired) electrons. The van der Waals surface area contributed by atoms with Gasteiger partial charge in [-0.1, -0.05) is 34.1 Å². The highest BCUT2D eigenvalue weighted by Gasteiger charge is 2.09. The summed E-state index contributed by atoms with van der Waals surface area (Å²) in [7, 11) is 0. The Hall–Kier alpha value is -2.73. The normalized spacial score (nSPS) is 10.5. The van der Waals surface area contributed by atoms with E-state index in [-0.39, 0.29) is 23.8 Å². The SMILES string of the molecule is O=C(Nc1cccc(Br)c1)c1ccc(=O)n(Cc2cccc(F)c2)c1. The first-order valence-electron chi connectivity index (χ1n) is 7.53. The van der Waals surface area contributed by atoms with Crippen LogP contribution in [0.2, 0.25) is 0 Å². The van der Waals surface area contributed by atoms with Gasteiger partial charge in [0.05, 0.1) is 12.1 Å². The monoisotopic (exact) mass is 400 g/mol. The summed E-state index contributed by atoms with van der Waals surface area (Å²) in [5.41, 5.74) is 1.37. The molecule has 1 N–H and O–H groups in total. The molecule has 6 heteroatoms. The Morgan fingerprint density at radius 3 is 2.64 bits per heavy atom. The smallest absolute Gasteiger partial charge is 0.257 e. The lowest BCUT2D eigenvalue weighted by atomic mass is 10.2. The van der Waals surface area contributed by atoms with Crippen LogP contribution in [0.1, 0.15) is 15.9 Å². The van der Waals surface area contributed by atoms with E-state index in [4.69, 9.17) is 0 Å². The molecule has 1 heterocycles. The van der Waals surface area contributed by atoms with Crippen LogP contribution in [0.25, 0.3) is 0 Å². The van der Waals surface area contributed by atoms with E-state index in [1.165, 1.54) is 35.0 Å². The van der Waals surface area contributed by atoms with Gasteiger partial charge in [0.15, 0.2) is 0 Å². The molecule has 0 saturated heterocycles. The van der Waals surface area contributed by atoms with Gasteiger partial charge in [0.1, 0.15) is 5.82 Å². The van der Waals surface area contributed by atoms with Gasteiger partial charge >= 0.3 is 0 Å². The van der Waals surface area contributed by atoms with Crippen molar-refractivity contribution in [2.45, 2.75) is 6.54 Å². The minimum atomic E-state index is -0.367. The van der Waals surface area contributed by atoms with E-state index in [0.717, 1.165) is 4.47 Å². The van der Waals surface area contributed by atoms with Crippen LogP contribution in [0.5, 0.6) is 0 Å². The average molecular weight is 401 g/mol. The summed E-state index contributed by atoms with van der Waals surface area (Å²) >= 11 is 3.34. The van der Waals surface area contributed by atoms with Crippen LogP contribution in [0.4, 0.5) is 10.1 Å². The summed E-state index contributed by atoms with van der Waals surface area (Å²) in [5, 5.41) is 2.77. The molecule has 1 aromatic heterocycles. The number of halogens is 2. The van der Waals surface area contributed by atoms with E-state index in [1.807, 2.05) is 12.1 Å². The summed E-state index contributed by atoms with van der Waals surface area (Å²) in [5.74, 6) is -0.694. The highest BCUT2D eigenvalue weighted by atomic mass is 79.9. The number of hydrogen-bond donors (Lipinski definition) is 1. The van der Waals surface area contributed by atoms with Crippen LogP contribution < -0.4 is 10.9 Å². The van der Waals surface area contributed by atoms with E-state index in [1.54, 1.807) is 24.3 Å². The lowest BCUT2D eigenvalue weighted by Crippen LogP contribution is -2.22. The molecular weight excluding hydrogens is 387 g/mol. The van der Waals surface area contributed by atoms with Crippen LogP contribution in [-0.4, -0.2) is 10.5 Å². The van der Waals surface area contributed by atoms with E-state index in [0.29, 0.717) is 16.8 Å². The number of benzene rings is 2. The summed E-state index contributed by atoms with van der Waals surface area (Å²) in [4.78, 5) is 24.4. The number of rotatable bonds is 4. The molecule has 0 bridgehead atoms. The van der Waals surface area contributed by atoms with E-state index >= 15 is 0 Å². The summed E-state index contributed by atoms with van der Waals surface area (Å²) in [6, 6.07) is 16.0. The predicted molar refractivity (Wildman–Crippen MR) is 98.3 cm³/mol. The maximum Gasteiger partial charge on any atom is 0.257 e. The summed E-state index contributed by atoms with van der Waals surface area (Å²) < 4.78 is 15.5. The highest BCUT2D eigenvalue weighted by molar-refractivity contribution is 9.10. The van der Waals surface area contributed by atoms with Gasteiger partial charge in [-0.15, -0.1) is 0 Å². The molecule has 0 unspecified atom stereocenters. The number of nitrogens with one attached hydrogen (secondary N) is 1. The molecule has 126 valence electrons. The molecule has 2 aromatic carbocycles. The van der Waals surface area contributed by atoms with Crippen LogP contribution in [0, 0.1) is 5.82 Å². The first-order chi connectivity index (χ1) is 12.0. The number of nitrogens with zero attached hydrogens (tertiary/aromatic N) is 1. The number of anilines is 1. The van der Waals surface area contributed by atoms with Crippen molar-refractivity contribution in [2.75, 3.05) is 5.32 Å². The third kappa shape index (κ3) is 4.42. The number of carbonyl (C=O) groups excluding carboxylic acids is 1. The molecule has 3 rings (SSSR count). The fourth-order valence-electron chi connectivity index (χ4n) is 2.39. The van der Waals surface area contributed by atoms with Crippen molar-refractivity contribution in [3.05, 3.63) is 98.6 Å². The van der Waals surface area contributed by atoms with Gasteiger partial charge in [0.25, 0.3) is 11.5 Å². The van der Waals surface area contributed by atoms with Gasteiger partial charge in [-0.3, -0.25) is 9.59 Å². The van der Waals surface area contributed by atoms with Gasteiger partial charge < -0.3 is 9.88 Å². The standard InChI is InChI=1S/C19H14BrFN2O2/c20-15-4-2-6-17(10-15)22-19(25)14-7-8-18(24)23(12-14)11-13-3-1-5-16(21)9-13/h1-10,12H,11H2,(H,22,25). The van der Waals surface area contributed by atoms with Gasteiger partial charge in [-0.2, -0.15) is 0 Å². The highest BCUT2D eigenvalue weighted by Crippen LogP contribution is 2.16. The van der Waals surface area contributed by atoms with E-state index in [9.17, 15) is 14.0 Å². The number of aromatic nitrogens is 1. The molecule has 0 saturated carbocycles. The Bertz CT molecular complexity index is 985. The minimum absolute atomic E-state index is 0.189. The molecule has 4 nitrogen and oxygen atoms in total. The maximum absolute atomic E-state index is 13.3. The number of carbonyl (C=O) groups is 1. The van der Waals surface area contributed by atoms with Gasteiger partial charge in [-0.05, 0) is 42.0 Å². The Labute approximate surface area is 152 Å². The zero-order chi connectivity index (χ0) is 17.8. The molecule has 3 aromatic rings. The Morgan fingerprint density at radius 2 is 1.88 bits per heavy atom. The van der Waals surface area contributed by atoms with Crippen molar-refractivity contribution in [3.63, 3.8) is 0 Å². The average Bonchev–Trinajstić information content (AvgIpc) is 2.57. The molecule has 25 heavy (non-hydrogen) atoms. The van der Waals surface area contributed by atoms with Crippen LogP contribution in [-0.2, 0) is 6.54 Å². The molecule has 0 spiro atoms. The van der Waals surface area contributed by atoms with Crippen molar-refractivity contribution < 1.29 is 9.18 Å². The zero-order valence-electron chi connectivity index (χ0n) is 13.1. The fourth-order valence-corrected chi connectivity index (χ4v) is 2.79. The third-order valence-electron chi connectivity index (χ3n) is 3.57. The minimum Gasteiger partial charge on any atom is -0.322 e. The molecule has 1 amide bonds. The first kappa shape index (κ1) is 17.1. The molecule has 0 aliphatic rings. The number of amides is 1. The molecule has 0 atom stereocenters. The van der Waals surface area contributed by atoms with Crippen molar-refractivity contribution in [1.29, 1.82) is 0 Å². The Balaban J connectivity index is 1.83. The molecular formula is C19H14BrFN2O2. The molecule has 0 aliphatic carbocycles. The van der Waals surface area contributed by atoms with Gasteiger partial charge in [-0.25, -0.2) is 4.39 Å². The van der Waals surface area contributed by atoms with Crippen molar-refractivity contribution in [1.82, 2.24) is 4.57 Å². The second-order valence-electron chi connectivity index (χ2n) is 5.48. The number of hydrogen-bond acceptors (Lipinski definition) is 2.